The molecule has 5 heterocycles. The Bertz CT molecular complexity index is 1020. The monoisotopic (exact) mass is 397 g/mol. The van der Waals surface area contributed by atoms with Gasteiger partial charge in [-0.15, -0.1) is 10.2 Å². The van der Waals surface area contributed by atoms with Crippen LogP contribution in [0.5, 0.6) is 0 Å². The van der Waals surface area contributed by atoms with Crippen molar-refractivity contribution in [3.8, 4) is 0 Å². The standard InChI is InChI=1S/C20H27N7O2/c1-2-27-18-16(12-22-27)17-15(11-21-18)19(25-7-3-13(28)4-8-25)23-24-20(17)26-9-5-14(29)6-10-26/h11-14,28-29H,2-10H2,1H3. The predicted molar refractivity (Wildman–Crippen MR) is 111 cm³/mol. The number of hydrogen-bond acceptors (Lipinski definition) is 8. The van der Waals surface area contributed by atoms with E-state index in [1.807, 2.05) is 17.1 Å². The van der Waals surface area contributed by atoms with Gasteiger partial charge in [-0.05, 0) is 32.6 Å². The first kappa shape index (κ1) is 18.5. The zero-order chi connectivity index (χ0) is 20.0. The summed E-state index contributed by atoms with van der Waals surface area (Å²) < 4.78 is 1.90. The summed E-state index contributed by atoms with van der Waals surface area (Å²) in [5, 5.41) is 36.6. The molecule has 2 aliphatic heterocycles. The number of pyridine rings is 1. The van der Waals surface area contributed by atoms with Crippen LogP contribution in [-0.4, -0.2) is 73.6 Å². The molecule has 0 bridgehead atoms. The van der Waals surface area contributed by atoms with E-state index in [-0.39, 0.29) is 12.2 Å². The molecule has 0 spiro atoms. The van der Waals surface area contributed by atoms with Gasteiger partial charge in [-0.2, -0.15) is 5.10 Å². The summed E-state index contributed by atoms with van der Waals surface area (Å²) in [6.07, 6.45) is 6.22. The SMILES string of the molecule is CCn1ncc2c3c(N4CCC(O)CC4)nnc(N4CCC(O)CC4)c3cnc21. The van der Waals surface area contributed by atoms with Gasteiger partial charge < -0.3 is 20.0 Å². The molecule has 9 heteroatoms. The minimum Gasteiger partial charge on any atom is -0.393 e. The number of aliphatic hydroxyl groups is 2. The minimum atomic E-state index is -0.242. The van der Waals surface area contributed by atoms with Crippen molar-refractivity contribution in [1.29, 1.82) is 0 Å². The highest BCUT2D eigenvalue weighted by molar-refractivity contribution is 6.13. The molecule has 2 saturated heterocycles. The Labute approximate surface area is 169 Å². The zero-order valence-corrected chi connectivity index (χ0v) is 16.7. The Morgan fingerprint density at radius 1 is 0.862 bits per heavy atom. The van der Waals surface area contributed by atoms with Crippen LogP contribution in [-0.2, 0) is 6.54 Å². The Morgan fingerprint density at radius 3 is 2.07 bits per heavy atom. The fraction of sp³-hybridized carbons (Fsp3) is 0.600. The van der Waals surface area contributed by atoms with Gasteiger partial charge in [0.05, 0.1) is 23.8 Å². The van der Waals surface area contributed by atoms with E-state index in [0.29, 0.717) is 0 Å². The Hall–Kier alpha value is -2.52. The van der Waals surface area contributed by atoms with Gasteiger partial charge in [-0.25, -0.2) is 9.67 Å². The molecule has 0 unspecified atom stereocenters. The van der Waals surface area contributed by atoms with Gasteiger partial charge in [0.2, 0.25) is 0 Å². The first-order chi connectivity index (χ1) is 14.2. The topological polar surface area (TPSA) is 103 Å². The molecule has 29 heavy (non-hydrogen) atoms. The van der Waals surface area contributed by atoms with Crippen LogP contribution in [0, 0.1) is 0 Å². The highest BCUT2D eigenvalue weighted by Gasteiger charge is 2.26. The van der Waals surface area contributed by atoms with Crippen molar-refractivity contribution in [2.24, 2.45) is 0 Å². The summed E-state index contributed by atoms with van der Waals surface area (Å²) in [5.74, 6) is 1.67. The van der Waals surface area contributed by atoms with E-state index in [0.717, 1.165) is 91.8 Å². The molecule has 3 aromatic heterocycles. The summed E-state index contributed by atoms with van der Waals surface area (Å²) in [7, 11) is 0. The highest BCUT2D eigenvalue weighted by Crippen LogP contribution is 2.36. The van der Waals surface area contributed by atoms with Crippen molar-refractivity contribution < 1.29 is 10.2 Å². The molecule has 5 rings (SSSR count). The molecule has 2 aliphatic rings. The number of aryl methyl sites for hydroxylation is 1. The Balaban J connectivity index is 1.68. The lowest BCUT2D eigenvalue weighted by atomic mass is 10.1. The quantitative estimate of drug-likeness (QED) is 0.682. The van der Waals surface area contributed by atoms with Gasteiger partial charge in [0.15, 0.2) is 17.3 Å². The molecule has 0 atom stereocenters. The van der Waals surface area contributed by atoms with Gasteiger partial charge >= 0.3 is 0 Å². The van der Waals surface area contributed by atoms with Crippen LogP contribution in [0.15, 0.2) is 12.4 Å². The first-order valence-electron chi connectivity index (χ1n) is 10.5. The lowest BCUT2D eigenvalue weighted by Gasteiger charge is -2.33. The zero-order valence-electron chi connectivity index (χ0n) is 16.7. The maximum Gasteiger partial charge on any atom is 0.160 e. The number of fused-ring (bicyclic) bond motifs is 3. The predicted octanol–water partition coefficient (Wildman–Crippen LogP) is 1.32. The average molecular weight is 397 g/mol. The van der Waals surface area contributed by atoms with E-state index in [4.69, 9.17) is 4.98 Å². The van der Waals surface area contributed by atoms with Gasteiger partial charge in [-0.1, -0.05) is 0 Å². The number of piperidine rings is 2. The van der Waals surface area contributed by atoms with Crippen molar-refractivity contribution in [3.63, 3.8) is 0 Å². The van der Waals surface area contributed by atoms with Crippen molar-refractivity contribution in [1.82, 2.24) is 25.0 Å². The van der Waals surface area contributed by atoms with E-state index in [9.17, 15) is 10.2 Å². The number of aromatic nitrogens is 5. The molecule has 3 aromatic rings. The Morgan fingerprint density at radius 2 is 1.45 bits per heavy atom. The molecule has 0 amide bonds. The lowest BCUT2D eigenvalue weighted by molar-refractivity contribution is 0.144. The maximum absolute atomic E-state index is 9.92. The minimum absolute atomic E-state index is 0.239. The second-order valence-corrected chi connectivity index (χ2v) is 8.03. The van der Waals surface area contributed by atoms with Crippen LogP contribution in [0.4, 0.5) is 11.6 Å². The molecule has 9 nitrogen and oxygen atoms in total. The fourth-order valence-electron chi connectivity index (χ4n) is 4.48. The average Bonchev–Trinajstić information content (AvgIpc) is 3.18. The van der Waals surface area contributed by atoms with Gasteiger partial charge in [0, 0.05) is 49.7 Å². The van der Waals surface area contributed by atoms with Gasteiger partial charge in [0.1, 0.15) is 0 Å². The van der Waals surface area contributed by atoms with E-state index in [1.54, 1.807) is 0 Å². The van der Waals surface area contributed by atoms with Crippen LogP contribution >= 0.6 is 0 Å². The summed E-state index contributed by atoms with van der Waals surface area (Å²) in [6.45, 7) is 5.83. The van der Waals surface area contributed by atoms with Gasteiger partial charge in [0.25, 0.3) is 0 Å². The molecular formula is C20H27N7O2. The third-order valence-electron chi connectivity index (χ3n) is 6.20. The molecular weight excluding hydrogens is 370 g/mol. The normalized spacial score (nSPS) is 19.6. The van der Waals surface area contributed by atoms with Crippen LogP contribution in [0.2, 0.25) is 0 Å². The highest BCUT2D eigenvalue weighted by atomic mass is 16.3. The number of aliphatic hydroxyl groups excluding tert-OH is 2. The second-order valence-electron chi connectivity index (χ2n) is 8.03. The number of rotatable bonds is 3. The molecule has 0 aromatic carbocycles. The number of hydrogen-bond donors (Lipinski definition) is 2. The van der Waals surface area contributed by atoms with Crippen LogP contribution in [0.1, 0.15) is 32.6 Å². The molecule has 2 fully saturated rings. The third kappa shape index (κ3) is 3.18. The summed E-state index contributed by atoms with van der Waals surface area (Å²) in [5.41, 5.74) is 0.853. The lowest BCUT2D eigenvalue weighted by Crippen LogP contribution is -2.38. The maximum atomic E-state index is 9.92. The van der Waals surface area contributed by atoms with Gasteiger partial charge in [-0.3, -0.25) is 0 Å². The third-order valence-corrected chi connectivity index (χ3v) is 6.20. The van der Waals surface area contributed by atoms with Crippen LogP contribution in [0.3, 0.4) is 0 Å². The Kier molecular flexibility index (Phi) is 4.71. The number of anilines is 2. The van der Waals surface area contributed by atoms with Crippen LogP contribution < -0.4 is 9.80 Å². The van der Waals surface area contributed by atoms with Crippen molar-refractivity contribution in [2.75, 3.05) is 36.0 Å². The first-order valence-corrected chi connectivity index (χ1v) is 10.5. The second kappa shape index (κ2) is 7.38. The largest absolute Gasteiger partial charge is 0.393 e. The van der Waals surface area contributed by atoms with Crippen molar-refractivity contribution >= 4 is 33.4 Å². The smallest absolute Gasteiger partial charge is 0.160 e. The summed E-state index contributed by atoms with van der Waals surface area (Å²) >= 11 is 0. The van der Waals surface area contributed by atoms with E-state index in [1.165, 1.54) is 0 Å². The molecule has 0 aliphatic carbocycles. The van der Waals surface area contributed by atoms with Crippen molar-refractivity contribution in [3.05, 3.63) is 12.4 Å². The van der Waals surface area contributed by atoms with E-state index >= 15 is 0 Å². The van der Waals surface area contributed by atoms with Crippen LogP contribution in [0.25, 0.3) is 21.8 Å². The molecule has 0 radical (unpaired) electrons. The van der Waals surface area contributed by atoms with E-state index in [2.05, 4.69) is 32.0 Å². The molecule has 154 valence electrons. The van der Waals surface area contributed by atoms with Crippen molar-refractivity contribution in [2.45, 2.75) is 51.4 Å². The summed E-state index contributed by atoms with van der Waals surface area (Å²) in [4.78, 5) is 9.12. The number of nitrogens with zero attached hydrogens (tertiary/aromatic N) is 7. The molecule has 2 N–H and O–H groups in total. The molecule has 0 saturated carbocycles. The summed E-state index contributed by atoms with van der Waals surface area (Å²) in [6, 6.07) is 0. The van der Waals surface area contributed by atoms with E-state index < -0.39 is 0 Å². The fourth-order valence-corrected chi connectivity index (χ4v) is 4.48.